The number of benzene rings is 2. The molecule has 0 spiro atoms. The molecule has 0 aliphatic rings. The number of carbonyl (C=O) groups is 1. The van der Waals surface area contributed by atoms with Crippen molar-refractivity contribution in [3.8, 4) is 5.69 Å². The number of fused-ring (bicyclic) bond motifs is 1. The summed E-state index contributed by atoms with van der Waals surface area (Å²) in [6.45, 7) is 4.12. The number of aromatic nitrogens is 4. The highest BCUT2D eigenvalue weighted by Gasteiger charge is 2.14. The molecule has 0 bridgehead atoms. The van der Waals surface area contributed by atoms with Crippen molar-refractivity contribution in [1.82, 2.24) is 19.7 Å². The number of carbonyl (C=O) groups excluding carboxylic acids is 1. The zero-order valence-electron chi connectivity index (χ0n) is 15.6. The van der Waals surface area contributed by atoms with Gasteiger partial charge in [-0.25, -0.2) is 14.6 Å². The number of hydrogen-bond donors (Lipinski definition) is 1. The predicted molar refractivity (Wildman–Crippen MR) is 112 cm³/mol. The van der Waals surface area contributed by atoms with Gasteiger partial charge in [-0.1, -0.05) is 47.7 Å². The first-order chi connectivity index (χ1) is 13.6. The van der Waals surface area contributed by atoms with Gasteiger partial charge in [-0.05, 0) is 37.6 Å². The van der Waals surface area contributed by atoms with Crippen LogP contribution >= 0.6 is 11.8 Å². The highest BCUT2D eigenvalue weighted by atomic mass is 32.2. The zero-order valence-corrected chi connectivity index (χ0v) is 16.4. The van der Waals surface area contributed by atoms with Gasteiger partial charge in [0.05, 0.1) is 23.0 Å². The van der Waals surface area contributed by atoms with Gasteiger partial charge < -0.3 is 5.32 Å². The lowest BCUT2D eigenvalue weighted by molar-refractivity contribution is -0.113. The van der Waals surface area contributed by atoms with E-state index in [0.29, 0.717) is 0 Å². The van der Waals surface area contributed by atoms with Gasteiger partial charge in [0, 0.05) is 5.69 Å². The average Bonchev–Trinajstić information content (AvgIpc) is 3.12. The van der Waals surface area contributed by atoms with E-state index >= 15 is 0 Å². The van der Waals surface area contributed by atoms with Crippen LogP contribution < -0.4 is 5.32 Å². The molecule has 4 rings (SSSR count). The summed E-state index contributed by atoms with van der Waals surface area (Å²) in [6, 6.07) is 15.6. The van der Waals surface area contributed by atoms with Crippen molar-refractivity contribution in [2.75, 3.05) is 11.1 Å². The van der Waals surface area contributed by atoms with Crippen molar-refractivity contribution < 1.29 is 4.79 Å². The number of rotatable bonds is 5. The second-order valence-electron chi connectivity index (χ2n) is 6.47. The second kappa shape index (κ2) is 7.82. The molecule has 6 nitrogen and oxygen atoms in total. The van der Waals surface area contributed by atoms with Crippen molar-refractivity contribution >= 4 is 34.4 Å². The maximum atomic E-state index is 12.2. The number of amides is 1. The van der Waals surface area contributed by atoms with Crippen LogP contribution in [-0.4, -0.2) is 31.4 Å². The van der Waals surface area contributed by atoms with E-state index in [9.17, 15) is 4.79 Å². The minimum Gasteiger partial charge on any atom is -0.325 e. The Bertz CT molecular complexity index is 1140. The van der Waals surface area contributed by atoms with Crippen LogP contribution in [0.5, 0.6) is 0 Å². The Hall–Kier alpha value is -3.19. The van der Waals surface area contributed by atoms with Gasteiger partial charge in [0.15, 0.2) is 5.65 Å². The first-order valence-corrected chi connectivity index (χ1v) is 9.84. The predicted octanol–water partition coefficient (Wildman–Crippen LogP) is 4.16. The molecule has 0 atom stereocenters. The molecule has 0 unspecified atom stereocenters. The highest BCUT2D eigenvalue weighted by molar-refractivity contribution is 8.00. The maximum Gasteiger partial charge on any atom is 0.234 e. The standard InChI is InChI=1S/C21H19N5OS/c1-14-8-9-18(15(2)10-14)26-20-17(11-24-26)21(23-13-22-20)28-12-19(27)25-16-6-4-3-5-7-16/h3-11,13H,12H2,1-2H3,(H,25,27). The van der Waals surface area contributed by atoms with Crippen molar-refractivity contribution in [3.05, 3.63) is 72.2 Å². The molecule has 2 aromatic heterocycles. The lowest BCUT2D eigenvalue weighted by Crippen LogP contribution is -2.14. The van der Waals surface area contributed by atoms with Gasteiger partial charge in [0.25, 0.3) is 0 Å². The topological polar surface area (TPSA) is 72.7 Å². The monoisotopic (exact) mass is 389 g/mol. The van der Waals surface area contributed by atoms with E-state index in [0.717, 1.165) is 33.0 Å². The number of thioether (sulfide) groups is 1. The molecule has 28 heavy (non-hydrogen) atoms. The Morgan fingerprint density at radius 3 is 2.71 bits per heavy atom. The lowest BCUT2D eigenvalue weighted by atomic mass is 10.1. The highest BCUT2D eigenvalue weighted by Crippen LogP contribution is 2.27. The molecular weight excluding hydrogens is 370 g/mol. The van der Waals surface area contributed by atoms with Crippen molar-refractivity contribution in [1.29, 1.82) is 0 Å². The Kier molecular flexibility index (Phi) is 5.08. The van der Waals surface area contributed by atoms with Crippen LogP contribution in [-0.2, 0) is 4.79 Å². The molecule has 1 amide bonds. The quantitative estimate of drug-likeness (QED) is 0.410. The molecule has 0 saturated carbocycles. The largest absolute Gasteiger partial charge is 0.325 e. The van der Waals surface area contributed by atoms with Gasteiger partial charge in [0.1, 0.15) is 11.4 Å². The molecule has 4 aromatic rings. The summed E-state index contributed by atoms with van der Waals surface area (Å²) in [5.41, 5.74) is 4.82. The van der Waals surface area contributed by atoms with Crippen LogP contribution in [0.2, 0.25) is 0 Å². The van der Waals surface area contributed by atoms with Crippen LogP contribution in [0, 0.1) is 13.8 Å². The fourth-order valence-electron chi connectivity index (χ4n) is 3.01. The number of para-hydroxylation sites is 1. The Morgan fingerprint density at radius 2 is 1.93 bits per heavy atom. The maximum absolute atomic E-state index is 12.2. The van der Waals surface area contributed by atoms with Crippen LogP contribution in [0.4, 0.5) is 5.69 Å². The summed E-state index contributed by atoms with van der Waals surface area (Å²) >= 11 is 1.38. The van der Waals surface area contributed by atoms with E-state index in [1.165, 1.54) is 23.7 Å². The summed E-state index contributed by atoms with van der Waals surface area (Å²) in [7, 11) is 0. The Labute approximate surface area is 167 Å². The molecular formula is C21H19N5OS. The van der Waals surface area contributed by atoms with Crippen LogP contribution in [0.3, 0.4) is 0 Å². The minimum atomic E-state index is -0.0790. The average molecular weight is 389 g/mol. The van der Waals surface area contributed by atoms with Gasteiger partial charge in [-0.15, -0.1) is 0 Å². The molecule has 0 aliphatic heterocycles. The van der Waals surface area contributed by atoms with E-state index in [1.807, 2.05) is 41.1 Å². The molecule has 2 heterocycles. The van der Waals surface area contributed by atoms with E-state index in [1.54, 1.807) is 6.20 Å². The molecule has 0 radical (unpaired) electrons. The van der Waals surface area contributed by atoms with E-state index in [4.69, 9.17) is 0 Å². The third kappa shape index (κ3) is 3.75. The zero-order chi connectivity index (χ0) is 19.5. The number of aryl methyl sites for hydroxylation is 2. The fourth-order valence-corrected chi connectivity index (χ4v) is 3.77. The second-order valence-corrected chi connectivity index (χ2v) is 7.43. The summed E-state index contributed by atoms with van der Waals surface area (Å²) < 4.78 is 1.82. The number of hydrogen-bond acceptors (Lipinski definition) is 5. The third-order valence-electron chi connectivity index (χ3n) is 4.31. The molecule has 7 heteroatoms. The van der Waals surface area contributed by atoms with E-state index in [-0.39, 0.29) is 11.7 Å². The van der Waals surface area contributed by atoms with Gasteiger partial charge in [0.2, 0.25) is 5.91 Å². The summed E-state index contributed by atoms with van der Waals surface area (Å²) in [5, 5.41) is 8.97. The van der Waals surface area contributed by atoms with Crippen molar-refractivity contribution in [2.24, 2.45) is 0 Å². The Balaban J connectivity index is 1.56. The third-order valence-corrected chi connectivity index (χ3v) is 5.31. The van der Waals surface area contributed by atoms with E-state index in [2.05, 4.69) is 46.4 Å². The van der Waals surface area contributed by atoms with Crippen molar-refractivity contribution in [2.45, 2.75) is 18.9 Å². The number of anilines is 1. The van der Waals surface area contributed by atoms with E-state index < -0.39 is 0 Å². The van der Waals surface area contributed by atoms with Crippen LogP contribution in [0.15, 0.2) is 66.1 Å². The van der Waals surface area contributed by atoms with Crippen molar-refractivity contribution in [3.63, 3.8) is 0 Å². The fraction of sp³-hybridized carbons (Fsp3) is 0.143. The summed E-state index contributed by atoms with van der Waals surface area (Å²) in [5.74, 6) is 0.181. The van der Waals surface area contributed by atoms with Gasteiger partial charge >= 0.3 is 0 Å². The summed E-state index contributed by atoms with van der Waals surface area (Å²) in [6.07, 6.45) is 3.27. The van der Waals surface area contributed by atoms with Crippen LogP contribution in [0.25, 0.3) is 16.7 Å². The first-order valence-electron chi connectivity index (χ1n) is 8.86. The first kappa shape index (κ1) is 18.2. The lowest BCUT2D eigenvalue weighted by Gasteiger charge is -2.08. The molecule has 1 N–H and O–H groups in total. The normalized spacial score (nSPS) is 10.9. The smallest absolute Gasteiger partial charge is 0.234 e. The minimum absolute atomic E-state index is 0.0790. The summed E-state index contributed by atoms with van der Waals surface area (Å²) in [4.78, 5) is 21.0. The molecule has 2 aromatic carbocycles. The molecule has 0 fully saturated rings. The number of nitrogens with zero attached hydrogens (tertiary/aromatic N) is 4. The van der Waals surface area contributed by atoms with Crippen LogP contribution in [0.1, 0.15) is 11.1 Å². The molecule has 140 valence electrons. The Morgan fingerprint density at radius 1 is 1.11 bits per heavy atom. The number of nitrogens with one attached hydrogen (secondary N) is 1. The molecule has 0 saturated heterocycles. The SMILES string of the molecule is Cc1ccc(-n2ncc3c(SCC(=O)Nc4ccccc4)ncnc32)c(C)c1. The van der Waals surface area contributed by atoms with Gasteiger partial charge in [-0.3, -0.25) is 4.79 Å². The van der Waals surface area contributed by atoms with Gasteiger partial charge in [-0.2, -0.15) is 5.10 Å². The molecule has 0 aliphatic carbocycles.